The normalized spacial score (nSPS) is 11.5. The fourth-order valence-electron chi connectivity index (χ4n) is 2.48. The van der Waals surface area contributed by atoms with Crippen LogP contribution in [0.5, 0.6) is 0 Å². The number of sulfonamides is 1. The van der Waals surface area contributed by atoms with Crippen LogP contribution in [-0.4, -0.2) is 50.7 Å². The molecule has 0 aliphatic rings. The van der Waals surface area contributed by atoms with Crippen LogP contribution in [0.3, 0.4) is 0 Å². The van der Waals surface area contributed by atoms with Crippen molar-refractivity contribution in [3.63, 3.8) is 0 Å². The summed E-state index contributed by atoms with van der Waals surface area (Å²) in [5, 5.41) is 3.70. The van der Waals surface area contributed by atoms with E-state index >= 15 is 0 Å². The van der Waals surface area contributed by atoms with Crippen molar-refractivity contribution >= 4 is 43.3 Å². The van der Waals surface area contributed by atoms with E-state index in [4.69, 9.17) is 0 Å². The number of carbonyl (C=O) groups excluding carboxylic acids is 1. The van der Waals surface area contributed by atoms with E-state index < -0.39 is 10.0 Å². The number of hydrogen-bond acceptors (Lipinski definition) is 5. The van der Waals surface area contributed by atoms with Crippen molar-refractivity contribution in [3.05, 3.63) is 48.5 Å². The van der Waals surface area contributed by atoms with Gasteiger partial charge < -0.3 is 10.2 Å². The Hall–Kier alpha value is -2.49. The van der Waals surface area contributed by atoms with Gasteiger partial charge in [-0.1, -0.05) is 24.3 Å². The number of carbonyl (C=O) groups is 1. The van der Waals surface area contributed by atoms with Crippen molar-refractivity contribution in [3.8, 4) is 10.6 Å². The minimum atomic E-state index is -3.28. The highest BCUT2D eigenvalue weighted by Gasteiger charge is 2.14. The first kappa shape index (κ1) is 19.3. The number of fused-ring (bicyclic) bond motifs is 1. The van der Waals surface area contributed by atoms with E-state index in [1.54, 1.807) is 18.4 Å². The number of nitrogens with zero attached hydrogens (tertiary/aromatic N) is 2. The fraction of sp³-hybridized carbons (Fsp3) is 0.222. The predicted octanol–water partition coefficient (Wildman–Crippen LogP) is 2.98. The number of anilines is 1. The first-order valence-corrected chi connectivity index (χ1v) is 11.0. The van der Waals surface area contributed by atoms with Gasteiger partial charge in [0.15, 0.2) is 0 Å². The third kappa shape index (κ3) is 5.03. The van der Waals surface area contributed by atoms with Crippen molar-refractivity contribution in [2.75, 3.05) is 31.7 Å². The van der Waals surface area contributed by atoms with Crippen LogP contribution in [0.2, 0.25) is 0 Å². The second kappa shape index (κ2) is 8.03. The average Bonchev–Trinajstić information content (AvgIpc) is 3.05. The minimum absolute atomic E-state index is 0.155. The second-order valence-corrected chi connectivity index (χ2v) is 8.91. The summed E-state index contributed by atoms with van der Waals surface area (Å²) in [6.45, 7) is 0.407. The maximum atomic E-state index is 12.4. The van der Waals surface area contributed by atoms with E-state index in [9.17, 15) is 13.2 Å². The Bertz CT molecular complexity index is 1030. The third-order valence-electron chi connectivity index (χ3n) is 3.85. The molecule has 3 aromatic rings. The van der Waals surface area contributed by atoms with Gasteiger partial charge in [-0.2, -0.15) is 0 Å². The summed E-state index contributed by atoms with van der Waals surface area (Å²) >= 11 is 1.56. The lowest BCUT2D eigenvalue weighted by Gasteiger charge is -2.19. The number of thiazole rings is 1. The molecule has 3 rings (SSSR count). The molecule has 9 heteroatoms. The zero-order chi connectivity index (χ0) is 19.4. The molecule has 27 heavy (non-hydrogen) atoms. The van der Waals surface area contributed by atoms with Gasteiger partial charge in [0.05, 0.1) is 22.2 Å². The summed E-state index contributed by atoms with van der Waals surface area (Å²) < 4.78 is 25.7. The number of para-hydroxylation sites is 2. The van der Waals surface area contributed by atoms with Gasteiger partial charge in [-0.15, -0.1) is 11.3 Å². The van der Waals surface area contributed by atoms with Gasteiger partial charge in [-0.25, -0.2) is 22.9 Å². The summed E-state index contributed by atoms with van der Waals surface area (Å²) in [5.74, 6) is 0. The van der Waals surface area contributed by atoms with Gasteiger partial charge in [0.1, 0.15) is 5.01 Å². The molecular weight excluding hydrogens is 384 g/mol. The molecule has 0 atom stereocenters. The van der Waals surface area contributed by atoms with Crippen LogP contribution in [0.25, 0.3) is 20.8 Å². The Morgan fingerprint density at radius 1 is 1.15 bits per heavy atom. The van der Waals surface area contributed by atoms with Gasteiger partial charge in [-0.05, 0) is 24.3 Å². The van der Waals surface area contributed by atoms with E-state index in [0.717, 1.165) is 27.0 Å². The number of aromatic nitrogens is 1. The number of rotatable bonds is 6. The standard InChI is InChI=1S/C18H20N4O3S2/c1-22(12-11-19-27(2,24)25)18(23)21-14-8-4-3-7-13(14)17-20-15-9-5-6-10-16(15)26-17/h3-10,19H,11-12H2,1-2H3,(H,21,23). The number of hydrogen-bond donors (Lipinski definition) is 2. The monoisotopic (exact) mass is 404 g/mol. The molecule has 142 valence electrons. The molecule has 0 aliphatic carbocycles. The molecule has 1 aromatic heterocycles. The zero-order valence-electron chi connectivity index (χ0n) is 15.0. The Morgan fingerprint density at radius 3 is 2.59 bits per heavy atom. The van der Waals surface area contributed by atoms with Crippen molar-refractivity contribution in [2.24, 2.45) is 0 Å². The number of likely N-dealkylation sites (N-methyl/N-ethyl adjacent to an activating group) is 1. The van der Waals surface area contributed by atoms with Crippen molar-refractivity contribution in [1.29, 1.82) is 0 Å². The number of nitrogens with one attached hydrogen (secondary N) is 2. The molecule has 0 fully saturated rings. The molecule has 2 N–H and O–H groups in total. The summed E-state index contributed by atoms with van der Waals surface area (Å²) in [5.41, 5.74) is 2.42. The van der Waals surface area contributed by atoms with Crippen LogP contribution in [0.1, 0.15) is 0 Å². The number of benzene rings is 2. The summed E-state index contributed by atoms with van der Waals surface area (Å²) in [4.78, 5) is 18.5. The van der Waals surface area contributed by atoms with E-state index in [1.165, 1.54) is 4.90 Å². The van der Waals surface area contributed by atoms with Gasteiger partial charge in [-0.3, -0.25) is 0 Å². The van der Waals surface area contributed by atoms with Crippen LogP contribution < -0.4 is 10.0 Å². The van der Waals surface area contributed by atoms with Crippen LogP contribution in [0.15, 0.2) is 48.5 Å². The smallest absolute Gasteiger partial charge is 0.321 e. The molecule has 2 amide bonds. The number of amides is 2. The topological polar surface area (TPSA) is 91.4 Å². The molecule has 2 aromatic carbocycles. The van der Waals surface area contributed by atoms with Gasteiger partial charge in [0, 0.05) is 25.7 Å². The van der Waals surface area contributed by atoms with Crippen molar-refractivity contribution in [1.82, 2.24) is 14.6 Å². The van der Waals surface area contributed by atoms with E-state index in [2.05, 4.69) is 15.0 Å². The summed E-state index contributed by atoms with van der Waals surface area (Å²) in [7, 11) is -1.66. The van der Waals surface area contributed by atoms with E-state index in [0.29, 0.717) is 5.69 Å². The lowest BCUT2D eigenvalue weighted by atomic mass is 10.2. The van der Waals surface area contributed by atoms with Gasteiger partial charge >= 0.3 is 6.03 Å². The molecule has 0 saturated carbocycles. The Balaban J connectivity index is 1.75. The highest BCUT2D eigenvalue weighted by atomic mass is 32.2. The SMILES string of the molecule is CN(CCNS(C)(=O)=O)C(=O)Nc1ccccc1-c1nc2ccccc2s1. The van der Waals surface area contributed by atoms with Crippen LogP contribution in [-0.2, 0) is 10.0 Å². The maximum Gasteiger partial charge on any atom is 0.321 e. The van der Waals surface area contributed by atoms with Crippen LogP contribution in [0.4, 0.5) is 10.5 Å². The highest BCUT2D eigenvalue weighted by molar-refractivity contribution is 7.88. The molecule has 1 heterocycles. The summed E-state index contributed by atoms with van der Waals surface area (Å²) in [6, 6.07) is 15.0. The van der Waals surface area contributed by atoms with Crippen molar-refractivity contribution < 1.29 is 13.2 Å². The molecule has 0 aliphatic heterocycles. The highest BCUT2D eigenvalue weighted by Crippen LogP contribution is 2.34. The predicted molar refractivity (Wildman–Crippen MR) is 110 cm³/mol. The Labute approximate surface area is 162 Å². The lowest BCUT2D eigenvalue weighted by molar-refractivity contribution is 0.223. The van der Waals surface area contributed by atoms with Gasteiger partial charge in [0.25, 0.3) is 0 Å². The zero-order valence-corrected chi connectivity index (χ0v) is 16.6. The Kier molecular flexibility index (Phi) is 5.73. The minimum Gasteiger partial charge on any atom is -0.326 e. The molecule has 0 spiro atoms. The first-order chi connectivity index (χ1) is 12.8. The van der Waals surface area contributed by atoms with Crippen LogP contribution >= 0.6 is 11.3 Å². The lowest BCUT2D eigenvalue weighted by Crippen LogP contribution is -2.38. The van der Waals surface area contributed by atoms with E-state index in [1.807, 2.05) is 48.5 Å². The molecule has 0 radical (unpaired) electrons. The average molecular weight is 405 g/mol. The molecule has 0 bridgehead atoms. The maximum absolute atomic E-state index is 12.4. The first-order valence-electron chi connectivity index (χ1n) is 8.25. The fourth-order valence-corrected chi connectivity index (χ4v) is 3.94. The van der Waals surface area contributed by atoms with Crippen LogP contribution in [0, 0.1) is 0 Å². The molecule has 0 saturated heterocycles. The summed E-state index contributed by atoms with van der Waals surface area (Å²) in [6.07, 6.45) is 1.08. The molecule has 0 unspecified atom stereocenters. The number of urea groups is 1. The second-order valence-electron chi connectivity index (χ2n) is 6.05. The molecule has 7 nitrogen and oxygen atoms in total. The molecular formula is C18H20N4O3S2. The quantitative estimate of drug-likeness (QED) is 0.661. The third-order valence-corrected chi connectivity index (χ3v) is 5.65. The van der Waals surface area contributed by atoms with E-state index in [-0.39, 0.29) is 19.1 Å². The largest absolute Gasteiger partial charge is 0.326 e. The van der Waals surface area contributed by atoms with Gasteiger partial charge in [0.2, 0.25) is 10.0 Å². The Morgan fingerprint density at radius 2 is 1.85 bits per heavy atom. The van der Waals surface area contributed by atoms with Crippen molar-refractivity contribution in [2.45, 2.75) is 0 Å².